The lowest BCUT2D eigenvalue weighted by Crippen LogP contribution is -2.13. The molecule has 0 bridgehead atoms. The van der Waals surface area contributed by atoms with Crippen molar-refractivity contribution in [3.05, 3.63) is 94.3 Å². The first-order valence-electron chi connectivity index (χ1n) is 8.92. The lowest BCUT2D eigenvalue weighted by atomic mass is 10.2. The van der Waals surface area contributed by atoms with Crippen molar-refractivity contribution in [2.24, 2.45) is 0 Å². The van der Waals surface area contributed by atoms with Crippen LogP contribution in [-0.4, -0.2) is 21.0 Å². The second kappa shape index (κ2) is 8.41. The van der Waals surface area contributed by atoms with Crippen LogP contribution in [0.15, 0.2) is 77.2 Å². The molecule has 10 heteroatoms. The molecule has 0 saturated heterocycles. The second-order valence-corrected chi connectivity index (χ2v) is 6.22. The lowest BCUT2D eigenvalue weighted by Gasteiger charge is -2.10. The summed E-state index contributed by atoms with van der Waals surface area (Å²) in [5.41, 5.74) is 0.579. The second-order valence-electron chi connectivity index (χ2n) is 6.22. The predicted octanol–water partition coefficient (Wildman–Crippen LogP) is 4.83. The zero-order valence-corrected chi connectivity index (χ0v) is 15.7. The van der Waals surface area contributed by atoms with Gasteiger partial charge in [-0.15, -0.1) is 5.10 Å². The number of rotatable bonds is 6. The van der Waals surface area contributed by atoms with Gasteiger partial charge in [-0.05, 0) is 48.5 Å². The summed E-state index contributed by atoms with van der Waals surface area (Å²) in [6, 6.07) is 17.2. The van der Waals surface area contributed by atoms with E-state index in [0.717, 1.165) is 0 Å². The standard InChI is InChI=1S/C21H13FN4O5/c22-14-7-11-16(12-8-14)30-18-4-2-1-3-17(18)19(27)23-21-25-24-20(31-21)13-5-9-15(10-6-13)26(28)29/h1-12H,(H,23,25,27). The highest BCUT2D eigenvalue weighted by Gasteiger charge is 2.17. The van der Waals surface area contributed by atoms with Crippen LogP contribution < -0.4 is 10.1 Å². The van der Waals surface area contributed by atoms with Gasteiger partial charge in [0.2, 0.25) is 5.89 Å². The maximum Gasteiger partial charge on any atom is 0.322 e. The molecule has 1 aromatic heterocycles. The van der Waals surface area contributed by atoms with Crippen LogP contribution in [-0.2, 0) is 0 Å². The Bertz CT molecular complexity index is 1240. The highest BCUT2D eigenvalue weighted by Crippen LogP contribution is 2.27. The van der Waals surface area contributed by atoms with E-state index in [9.17, 15) is 19.3 Å². The average molecular weight is 420 g/mol. The molecule has 154 valence electrons. The molecule has 1 heterocycles. The molecule has 4 aromatic rings. The molecule has 0 aliphatic heterocycles. The molecule has 4 rings (SSSR count). The topological polar surface area (TPSA) is 120 Å². The summed E-state index contributed by atoms with van der Waals surface area (Å²) >= 11 is 0. The number of nitro groups is 1. The quantitative estimate of drug-likeness (QED) is 0.350. The van der Waals surface area contributed by atoms with E-state index in [1.54, 1.807) is 24.3 Å². The SMILES string of the molecule is O=C(Nc1nnc(-c2ccc([N+](=O)[O-])cc2)o1)c1ccccc1Oc1ccc(F)cc1. The highest BCUT2D eigenvalue weighted by atomic mass is 19.1. The summed E-state index contributed by atoms with van der Waals surface area (Å²) in [7, 11) is 0. The number of carbonyl (C=O) groups is 1. The summed E-state index contributed by atoms with van der Waals surface area (Å²) in [5.74, 6) is -0.266. The van der Waals surface area contributed by atoms with Crippen molar-refractivity contribution in [2.45, 2.75) is 0 Å². The molecule has 0 atom stereocenters. The molecule has 0 spiro atoms. The van der Waals surface area contributed by atoms with Crippen LogP contribution in [0.3, 0.4) is 0 Å². The smallest absolute Gasteiger partial charge is 0.322 e. The number of halogens is 1. The van der Waals surface area contributed by atoms with Crippen LogP contribution in [0.4, 0.5) is 16.1 Å². The first-order valence-corrected chi connectivity index (χ1v) is 8.92. The van der Waals surface area contributed by atoms with Crippen LogP contribution in [0.2, 0.25) is 0 Å². The van der Waals surface area contributed by atoms with E-state index in [2.05, 4.69) is 15.5 Å². The van der Waals surface area contributed by atoms with Gasteiger partial charge in [-0.25, -0.2) is 4.39 Å². The van der Waals surface area contributed by atoms with Crippen molar-refractivity contribution in [3.8, 4) is 23.0 Å². The number of non-ortho nitro benzene ring substituents is 1. The van der Waals surface area contributed by atoms with Crippen molar-refractivity contribution in [1.82, 2.24) is 10.2 Å². The van der Waals surface area contributed by atoms with Gasteiger partial charge in [-0.1, -0.05) is 17.2 Å². The first kappa shape index (κ1) is 19.7. The molecule has 3 aromatic carbocycles. The molecule has 0 saturated carbocycles. The number of nitrogens with one attached hydrogen (secondary N) is 1. The number of anilines is 1. The Morgan fingerprint density at radius 3 is 2.42 bits per heavy atom. The normalized spacial score (nSPS) is 10.5. The number of para-hydroxylation sites is 1. The maximum absolute atomic E-state index is 13.1. The molecular formula is C21H13FN4O5. The molecule has 0 aliphatic carbocycles. The van der Waals surface area contributed by atoms with Crippen molar-refractivity contribution in [1.29, 1.82) is 0 Å². The molecule has 1 N–H and O–H groups in total. The summed E-state index contributed by atoms with van der Waals surface area (Å²) in [4.78, 5) is 22.9. The van der Waals surface area contributed by atoms with Crippen LogP contribution in [0.1, 0.15) is 10.4 Å². The van der Waals surface area contributed by atoms with Crippen LogP contribution in [0, 0.1) is 15.9 Å². The molecule has 0 aliphatic rings. The zero-order valence-electron chi connectivity index (χ0n) is 15.7. The Balaban J connectivity index is 1.50. The van der Waals surface area contributed by atoms with Gasteiger partial charge < -0.3 is 9.15 Å². The van der Waals surface area contributed by atoms with E-state index in [0.29, 0.717) is 11.3 Å². The van der Waals surface area contributed by atoms with Crippen LogP contribution in [0.5, 0.6) is 11.5 Å². The predicted molar refractivity (Wildman–Crippen MR) is 107 cm³/mol. The summed E-state index contributed by atoms with van der Waals surface area (Å²) in [6.45, 7) is 0. The number of hydrogen-bond acceptors (Lipinski definition) is 7. The Kier molecular flexibility index (Phi) is 5.35. The third kappa shape index (κ3) is 4.53. The maximum atomic E-state index is 13.1. The van der Waals surface area contributed by atoms with E-state index < -0.39 is 16.6 Å². The van der Waals surface area contributed by atoms with E-state index in [1.165, 1.54) is 48.5 Å². The van der Waals surface area contributed by atoms with E-state index >= 15 is 0 Å². The Morgan fingerprint density at radius 2 is 1.71 bits per heavy atom. The largest absolute Gasteiger partial charge is 0.457 e. The third-order valence-corrected chi connectivity index (χ3v) is 4.14. The van der Waals surface area contributed by atoms with E-state index in [4.69, 9.17) is 9.15 Å². The fraction of sp³-hybridized carbons (Fsp3) is 0. The number of amides is 1. The Labute approximate surface area is 174 Å². The lowest BCUT2D eigenvalue weighted by molar-refractivity contribution is -0.384. The fourth-order valence-corrected chi connectivity index (χ4v) is 2.65. The van der Waals surface area contributed by atoms with Crippen molar-refractivity contribution >= 4 is 17.6 Å². The highest BCUT2D eigenvalue weighted by molar-refractivity contribution is 6.05. The Morgan fingerprint density at radius 1 is 1.00 bits per heavy atom. The van der Waals surface area contributed by atoms with E-state index in [-0.39, 0.29) is 28.9 Å². The van der Waals surface area contributed by atoms with Gasteiger partial charge in [0.25, 0.3) is 11.6 Å². The number of nitro benzene ring substituents is 1. The Hall–Kier alpha value is -4.60. The number of benzene rings is 3. The van der Waals surface area contributed by atoms with Gasteiger partial charge in [0, 0.05) is 17.7 Å². The minimum atomic E-state index is -0.559. The average Bonchev–Trinajstić information content (AvgIpc) is 3.24. The molecule has 0 fully saturated rings. The number of aromatic nitrogens is 2. The van der Waals surface area contributed by atoms with Gasteiger partial charge >= 0.3 is 6.01 Å². The minimum Gasteiger partial charge on any atom is -0.457 e. The number of carbonyl (C=O) groups excluding carboxylic acids is 1. The summed E-state index contributed by atoms with van der Waals surface area (Å²) < 4.78 is 24.2. The molecule has 0 unspecified atom stereocenters. The van der Waals surface area contributed by atoms with Crippen LogP contribution in [0.25, 0.3) is 11.5 Å². The van der Waals surface area contributed by atoms with Crippen molar-refractivity contribution in [3.63, 3.8) is 0 Å². The number of nitrogens with zero attached hydrogens (tertiary/aromatic N) is 3. The summed E-state index contributed by atoms with van der Waals surface area (Å²) in [5, 5.41) is 20.8. The molecule has 31 heavy (non-hydrogen) atoms. The van der Waals surface area contributed by atoms with Gasteiger partial charge in [-0.2, -0.15) is 0 Å². The van der Waals surface area contributed by atoms with Crippen molar-refractivity contribution < 1.29 is 23.3 Å². The van der Waals surface area contributed by atoms with Crippen molar-refractivity contribution in [2.75, 3.05) is 5.32 Å². The fourth-order valence-electron chi connectivity index (χ4n) is 2.65. The van der Waals surface area contributed by atoms with Crippen LogP contribution >= 0.6 is 0 Å². The molecule has 9 nitrogen and oxygen atoms in total. The monoisotopic (exact) mass is 420 g/mol. The minimum absolute atomic E-state index is 0.0745. The number of hydrogen-bond donors (Lipinski definition) is 1. The molecular weight excluding hydrogens is 407 g/mol. The van der Waals surface area contributed by atoms with Gasteiger partial charge in [-0.3, -0.25) is 20.2 Å². The molecule has 1 amide bonds. The van der Waals surface area contributed by atoms with Gasteiger partial charge in [0.05, 0.1) is 10.5 Å². The zero-order chi connectivity index (χ0) is 21.8. The first-order chi connectivity index (χ1) is 15.0. The van der Waals surface area contributed by atoms with E-state index in [1.807, 2.05) is 0 Å². The van der Waals surface area contributed by atoms with Gasteiger partial charge in [0.15, 0.2) is 0 Å². The van der Waals surface area contributed by atoms with Gasteiger partial charge in [0.1, 0.15) is 17.3 Å². The number of ether oxygens (including phenoxy) is 1. The summed E-state index contributed by atoms with van der Waals surface area (Å²) in [6.07, 6.45) is 0. The molecule has 0 radical (unpaired) electrons. The third-order valence-electron chi connectivity index (χ3n) is 4.14.